The Bertz CT molecular complexity index is 1170. The van der Waals surface area contributed by atoms with Gasteiger partial charge in [0, 0.05) is 23.5 Å². The number of para-hydroxylation sites is 1. The molecule has 3 amide bonds. The number of hydrogen-bond acceptors (Lipinski definition) is 8. The molecular weight excluding hydrogens is 512 g/mol. The third kappa shape index (κ3) is 9.35. The number of fused-ring (bicyclic) bond motifs is 1. The number of carbonyl (C=O) groups excluding carboxylic acids is 3. The van der Waals surface area contributed by atoms with Crippen LogP contribution in [0.1, 0.15) is 38.2 Å². The van der Waals surface area contributed by atoms with Gasteiger partial charge in [-0.15, -0.1) is 0 Å². The van der Waals surface area contributed by atoms with E-state index in [1.807, 2.05) is 0 Å². The predicted molar refractivity (Wildman–Crippen MR) is 140 cm³/mol. The maximum absolute atomic E-state index is 13.2. The standard InChI is InChI=1S/C25H36N6O8/c1-13(32)21(31-22(35)16(27)7-4-5-9-26)24(37)29-18(23(36)30-19(25(38)39)11-20(33)34)10-14-12-28-17-8-3-2-6-15(14)17/h2-3,6,8,12-13,16,18-19,21,28,32H,4-5,7,9-11,26-27H2,1H3,(H,29,37)(H,30,36)(H,31,35)(H,33,34)(H,38,39). The van der Waals surface area contributed by atoms with Crippen LogP contribution < -0.4 is 27.4 Å². The highest BCUT2D eigenvalue weighted by Gasteiger charge is 2.33. The molecule has 0 aliphatic heterocycles. The van der Waals surface area contributed by atoms with Crippen LogP contribution in [0, 0.1) is 0 Å². The minimum atomic E-state index is -1.75. The maximum atomic E-state index is 13.2. The van der Waals surface area contributed by atoms with Gasteiger partial charge in [-0.25, -0.2) is 4.79 Å². The highest BCUT2D eigenvalue weighted by atomic mass is 16.4. The van der Waals surface area contributed by atoms with E-state index >= 15 is 0 Å². The summed E-state index contributed by atoms with van der Waals surface area (Å²) in [6.07, 6.45) is 0.806. The van der Waals surface area contributed by atoms with Crippen LogP contribution in [0.2, 0.25) is 0 Å². The van der Waals surface area contributed by atoms with Gasteiger partial charge in [0.05, 0.1) is 18.6 Å². The van der Waals surface area contributed by atoms with Crippen LogP contribution in [-0.2, 0) is 30.4 Å². The Kier molecular flexibility index (Phi) is 11.8. The number of carbonyl (C=O) groups is 5. The monoisotopic (exact) mass is 548 g/mol. The van der Waals surface area contributed by atoms with E-state index < -0.39 is 66.4 Å². The molecular formula is C25H36N6O8. The molecule has 1 aromatic carbocycles. The van der Waals surface area contributed by atoms with Crippen LogP contribution in [0.25, 0.3) is 10.9 Å². The highest BCUT2D eigenvalue weighted by molar-refractivity contribution is 5.95. The summed E-state index contributed by atoms with van der Waals surface area (Å²) >= 11 is 0. The number of nitrogens with one attached hydrogen (secondary N) is 4. The summed E-state index contributed by atoms with van der Waals surface area (Å²) in [7, 11) is 0. The zero-order valence-electron chi connectivity index (χ0n) is 21.6. The number of amides is 3. The number of aromatic amines is 1. The Morgan fingerprint density at radius 3 is 2.23 bits per heavy atom. The van der Waals surface area contributed by atoms with Crippen LogP contribution >= 0.6 is 0 Å². The molecule has 214 valence electrons. The number of aliphatic hydroxyl groups is 1. The summed E-state index contributed by atoms with van der Waals surface area (Å²) in [5, 5.41) is 36.3. The molecule has 0 radical (unpaired) electrons. The third-order valence-electron chi connectivity index (χ3n) is 6.09. The first-order valence-electron chi connectivity index (χ1n) is 12.5. The number of aromatic nitrogens is 1. The second-order valence-electron chi connectivity index (χ2n) is 9.24. The molecule has 39 heavy (non-hydrogen) atoms. The molecule has 0 aliphatic carbocycles. The fourth-order valence-corrected chi connectivity index (χ4v) is 3.94. The quantitative estimate of drug-likeness (QED) is 0.110. The van der Waals surface area contributed by atoms with Crippen molar-refractivity contribution in [3.8, 4) is 0 Å². The van der Waals surface area contributed by atoms with Gasteiger partial charge < -0.3 is 47.7 Å². The Hall–Kier alpha value is -4.01. The van der Waals surface area contributed by atoms with Crippen molar-refractivity contribution in [1.29, 1.82) is 0 Å². The lowest BCUT2D eigenvalue weighted by Gasteiger charge is -2.26. The minimum absolute atomic E-state index is 0.111. The van der Waals surface area contributed by atoms with Crippen molar-refractivity contribution in [2.45, 2.75) is 69.3 Å². The molecule has 0 fully saturated rings. The first-order valence-corrected chi connectivity index (χ1v) is 12.5. The fourth-order valence-electron chi connectivity index (χ4n) is 3.94. The van der Waals surface area contributed by atoms with Crippen molar-refractivity contribution in [2.75, 3.05) is 6.54 Å². The maximum Gasteiger partial charge on any atom is 0.326 e. The number of unbranched alkanes of at least 4 members (excludes halogenated alkanes) is 1. The van der Waals surface area contributed by atoms with E-state index in [-0.39, 0.29) is 6.42 Å². The lowest BCUT2D eigenvalue weighted by atomic mass is 10.0. The number of carboxylic acid groups (broad SMARTS) is 2. The number of aliphatic carboxylic acids is 2. The summed E-state index contributed by atoms with van der Waals surface area (Å²) < 4.78 is 0. The molecule has 1 aromatic heterocycles. The molecule has 5 unspecified atom stereocenters. The molecule has 1 heterocycles. The molecule has 2 aromatic rings. The van der Waals surface area contributed by atoms with Gasteiger partial charge in [-0.2, -0.15) is 0 Å². The van der Waals surface area contributed by atoms with Crippen LogP contribution in [0.4, 0.5) is 0 Å². The molecule has 0 aliphatic rings. The van der Waals surface area contributed by atoms with Gasteiger partial charge in [0.2, 0.25) is 17.7 Å². The number of rotatable bonds is 16. The van der Waals surface area contributed by atoms with Crippen molar-refractivity contribution in [2.24, 2.45) is 11.5 Å². The summed E-state index contributed by atoms with van der Waals surface area (Å²) in [6.45, 7) is 1.70. The molecule has 0 saturated carbocycles. The van der Waals surface area contributed by atoms with E-state index in [9.17, 15) is 34.2 Å². The summed E-state index contributed by atoms with van der Waals surface area (Å²) in [5.41, 5.74) is 12.7. The molecule has 0 spiro atoms. The normalized spacial score (nSPS) is 15.0. The molecule has 11 N–H and O–H groups in total. The topological polar surface area (TPSA) is 250 Å². The average Bonchev–Trinajstić information content (AvgIpc) is 3.28. The summed E-state index contributed by atoms with van der Waals surface area (Å²) in [5.74, 6) is -5.58. The van der Waals surface area contributed by atoms with E-state index in [0.717, 1.165) is 10.9 Å². The first kappa shape index (κ1) is 31.2. The van der Waals surface area contributed by atoms with Gasteiger partial charge in [-0.3, -0.25) is 19.2 Å². The van der Waals surface area contributed by atoms with E-state index in [1.54, 1.807) is 30.5 Å². The number of aliphatic hydroxyl groups excluding tert-OH is 1. The van der Waals surface area contributed by atoms with Gasteiger partial charge in [0.1, 0.15) is 18.1 Å². The number of nitrogens with two attached hydrogens (primary N) is 2. The second kappa shape index (κ2) is 14.8. The van der Waals surface area contributed by atoms with E-state index in [1.165, 1.54) is 6.92 Å². The lowest BCUT2D eigenvalue weighted by molar-refractivity contribution is -0.147. The SMILES string of the molecule is CC(O)C(NC(=O)C(N)CCCCN)C(=O)NC(Cc1c[nH]c2ccccc12)C(=O)NC(CC(=O)O)C(=O)O. The molecule has 14 nitrogen and oxygen atoms in total. The third-order valence-corrected chi connectivity index (χ3v) is 6.09. The second-order valence-corrected chi connectivity index (χ2v) is 9.24. The smallest absolute Gasteiger partial charge is 0.326 e. The number of benzene rings is 1. The summed E-state index contributed by atoms with van der Waals surface area (Å²) in [6, 6.07) is 1.59. The zero-order valence-corrected chi connectivity index (χ0v) is 21.6. The van der Waals surface area contributed by atoms with Crippen molar-refractivity contribution >= 4 is 40.6 Å². The van der Waals surface area contributed by atoms with E-state index in [0.29, 0.717) is 31.4 Å². The lowest BCUT2D eigenvalue weighted by Crippen LogP contribution is -2.60. The van der Waals surface area contributed by atoms with Gasteiger partial charge in [0.25, 0.3) is 0 Å². The predicted octanol–water partition coefficient (Wildman–Crippen LogP) is -1.44. The summed E-state index contributed by atoms with van der Waals surface area (Å²) in [4.78, 5) is 64.5. The van der Waals surface area contributed by atoms with Crippen molar-refractivity contribution in [1.82, 2.24) is 20.9 Å². The van der Waals surface area contributed by atoms with Crippen LogP contribution in [-0.4, -0.2) is 86.8 Å². The molecule has 0 bridgehead atoms. The molecule has 0 saturated heterocycles. The largest absolute Gasteiger partial charge is 0.481 e. The van der Waals surface area contributed by atoms with E-state index in [2.05, 4.69) is 20.9 Å². The average molecular weight is 549 g/mol. The molecule has 2 rings (SSSR count). The van der Waals surface area contributed by atoms with Gasteiger partial charge in [-0.05, 0) is 37.9 Å². The number of H-pyrrole nitrogens is 1. The van der Waals surface area contributed by atoms with Crippen LogP contribution in [0.15, 0.2) is 30.5 Å². The fraction of sp³-hybridized carbons (Fsp3) is 0.480. The Balaban J connectivity index is 2.27. The Morgan fingerprint density at radius 2 is 1.62 bits per heavy atom. The Morgan fingerprint density at radius 1 is 0.949 bits per heavy atom. The van der Waals surface area contributed by atoms with E-state index in [4.69, 9.17) is 16.6 Å². The zero-order chi connectivity index (χ0) is 29.1. The number of carboxylic acids is 2. The Labute approximate surface area is 224 Å². The molecule has 5 atom stereocenters. The van der Waals surface area contributed by atoms with Gasteiger partial charge in [-0.1, -0.05) is 24.6 Å². The van der Waals surface area contributed by atoms with Crippen molar-refractivity contribution in [3.05, 3.63) is 36.0 Å². The molecule has 14 heteroatoms. The highest BCUT2D eigenvalue weighted by Crippen LogP contribution is 2.19. The minimum Gasteiger partial charge on any atom is -0.481 e. The van der Waals surface area contributed by atoms with Gasteiger partial charge in [0.15, 0.2) is 0 Å². The van der Waals surface area contributed by atoms with Crippen LogP contribution in [0.3, 0.4) is 0 Å². The van der Waals surface area contributed by atoms with Crippen LogP contribution in [0.5, 0.6) is 0 Å². The van der Waals surface area contributed by atoms with Crippen molar-refractivity contribution < 1.29 is 39.3 Å². The number of hydrogen-bond donors (Lipinski definition) is 9. The first-order chi connectivity index (χ1) is 18.4. The van der Waals surface area contributed by atoms with Gasteiger partial charge >= 0.3 is 11.9 Å². The van der Waals surface area contributed by atoms with Crippen molar-refractivity contribution in [3.63, 3.8) is 0 Å².